The molecule has 1 aliphatic rings. The summed E-state index contributed by atoms with van der Waals surface area (Å²) >= 11 is 0. The summed E-state index contributed by atoms with van der Waals surface area (Å²) in [6.45, 7) is 0.687. The predicted octanol–water partition coefficient (Wildman–Crippen LogP) is 1.66. The minimum absolute atomic E-state index is 0.687. The minimum Gasteiger partial charge on any atom is -0.466 e. The molecular weight excluding hydrogens is 150 g/mol. The Labute approximate surface area is 72.7 Å². The van der Waals surface area contributed by atoms with E-state index in [9.17, 15) is 0 Å². The van der Waals surface area contributed by atoms with Crippen molar-refractivity contribution in [2.24, 2.45) is 5.73 Å². The van der Waals surface area contributed by atoms with Crippen molar-refractivity contribution < 1.29 is 4.42 Å². The zero-order valence-electron chi connectivity index (χ0n) is 7.31. The molecule has 0 saturated carbocycles. The van der Waals surface area contributed by atoms with Crippen molar-refractivity contribution in [1.82, 2.24) is 0 Å². The van der Waals surface area contributed by atoms with Gasteiger partial charge in [0, 0.05) is 12.8 Å². The number of fused-ring (bicyclic) bond motifs is 1. The van der Waals surface area contributed by atoms with Crippen molar-refractivity contribution in [3.05, 3.63) is 23.2 Å². The first-order chi connectivity index (χ1) is 5.90. The highest BCUT2D eigenvalue weighted by Gasteiger charge is 2.14. The number of furan rings is 1. The second kappa shape index (κ2) is 3.31. The molecule has 1 heterocycles. The van der Waals surface area contributed by atoms with Gasteiger partial charge in [-0.2, -0.15) is 0 Å². The van der Waals surface area contributed by atoms with Gasteiger partial charge in [0.1, 0.15) is 11.5 Å². The highest BCUT2D eigenvalue weighted by Crippen LogP contribution is 2.24. The van der Waals surface area contributed by atoms with Gasteiger partial charge in [-0.25, -0.2) is 0 Å². The highest BCUT2D eigenvalue weighted by molar-refractivity contribution is 5.24. The fourth-order valence-electron chi connectivity index (χ4n) is 1.82. The van der Waals surface area contributed by atoms with Crippen LogP contribution in [0.3, 0.4) is 0 Å². The van der Waals surface area contributed by atoms with Crippen LogP contribution in [0.1, 0.15) is 29.9 Å². The highest BCUT2D eigenvalue weighted by atomic mass is 16.3. The van der Waals surface area contributed by atoms with E-state index in [-0.39, 0.29) is 0 Å². The van der Waals surface area contributed by atoms with Crippen LogP contribution in [0.15, 0.2) is 10.5 Å². The Balaban J connectivity index is 2.20. The molecule has 0 spiro atoms. The molecule has 0 fully saturated rings. The summed E-state index contributed by atoms with van der Waals surface area (Å²) < 4.78 is 5.67. The number of rotatable bonds is 2. The normalized spacial score (nSPS) is 16.1. The zero-order chi connectivity index (χ0) is 8.39. The van der Waals surface area contributed by atoms with Crippen molar-refractivity contribution in [2.45, 2.75) is 32.1 Å². The molecule has 2 rings (SSSR count). The van der Waals surface area contributed by atoms with Crippen LogP contribution in [0.2, 0.25) is 0 Å². The SMILES string of the molecule is NCCc1cc2c(o1)CCCC2. The Kier molecular flexibility index (Phi) is 2.17. The monoisotopic (exact) mass is 165 g/mol. The van der Waals surface area contributed by atoms with E-state index >= 15 is 0 Å². The van der Waals surface area contributed by atoms with Crippen LogP contribution in [0.25, 0.3) is 0 Å². The molecule has 1 aromatic heterocycles. The fraction of sp³-hybridized carbons (Fsp3) is 0.600. The minimum atomic E-state index is 0.687. The van der Waals surface area contributed by atoms with Gasteiger partial charge in [0.05, 0.1) is 0 Å². The van der Waals surface area contributed by atoms with Gasteiger partial charge in [-0.1, -0.05) is 0 Å². The van der Waals surface area contributed by atoms with Gasteiger partial charge in [-0.15, -0.1) is 0 Å². The van der Waals surface area contributed by atoms with Crippen molar-refractivity contribution in [1.29, 1.82) is 0 Å². The third-order valence-electron chi connectivity index (χ3n) is 2.44. The molecule has 0 aromatic carbocycles. The second-order valence-electron chi connectivity index (χ2n) is 3.41. The number of hydrogen-bond donors (Lipinski definition) is 1. The van der Waals surface area contributed by atoms with Crippen LogP contribution in [0.5, 0.6) is 0 Å². The smallest absolute Gasteiger partial charge is 0.107 e. The van der Waals surface area contributed by atoms with E-state index in [0.29, 0.717) is 6.54 Å². The van der Waals surface area contributed by atoms with E-state index in [4.69, 9.17) is 10.2 Å². The van der Waals surface area contributed by atoms with Crippen LogP contribution in [-0.2, 0) is 19.3 Å². The van der Waals surface area contributed by atoms with E-state index < -0.39 is 0 Å². The summed E-state index contributed by atoms with van der Waals surface area (Å²) in [7, 11) is 0. The van der Waals surface area contributed by atoms with E-state index in [1.54, 1.807) is 0 Å². The lowest BCUT2D eigenvalue weighted by Crippen LogP contribution is -2.01. The number of hydrogen-bond acceptors (Lipinski definition) is 2. The molecule has 0 aliphatic heterocycles. The average Bonchev–Trinajstić information content (AvgIpc) is 2.47. The van der Waals surface area contributed by atoms with Crippen LogP contribution >= 0.6 is 0 Å². The summed E-state index contributed by atoms with van der Waals surface area (Å²) in [5.74, 6) is 2.29. The lowest BCUT2D eigenvalue weighted by atomic mass is 9.99. The number of aryl methyl sites for hydroxylation is 2. The largest absolute Gasteiger partial charge is 0.466 e. The molecule has 1 aliphatic carbocycles. The van der Waals surface area contributed by atoms with Crippen LogP contribution in [-0.4, -0.2) is 6.54 Å². The standard InChI is InChI=1S/C10H15NO/c11-6-5-9-7-8-3-1-2-4-10(8)12-9/h7H,1-6,11H2. The Morgan fingerprint density at radius 2 is 2.17 bits per heavy atom. The third kappa shape index (κ3) is 1.39. The first kappa shape index (κ1) is 7.87. The topological polar surface area (TPSA) is 39.2 Å². The molecule has 2 heteroatoms. The Morgan fingerprint density at radius 3 is 2.92 bits per heavy atom. The Hall–Kier alpha value is -0.760. The van der Waals surface area contributed by atoms with Crippen LogP contribution in [0, 0.1) is 0 Å². The van der Waals surface area contributed by atoms with Gasteiger partial charge in [-0.05, 0) is 37.4 Å². The summed E-state index contributed by atoms with van der Waals surface area (Å²) in [6.07, 6.45) is 5.80. The van der Waals surface area contributed by atoms with Crippen molar-refractivity contribution in [3.63, 3.8) is 0 Å². The third-order valence-corrected chi connectivity index (χ3v) is 2.44. The van der Waals surface area contributed by atoms with E-state index in [2.05, 4.69) is 6.07 Å². The molecule has 0 bridgehead atoms. The van der Waals surface area contributed by atoms with Crippen LogP contribution < -0.4 is 5.73 Å². The van der Waals surface area contributed by atoms with E-state index in [1.807, 2.05) is 0 Å². The number of nitrogens with two attached hydrogens (primary N) is 1. The fourth-order valence-corrected chi connectivity index (χ4v) is 1.82. The molecule has 66 valence electrons. The summed E-state index contributed by atoms with van der Waals surface area (Å²) in [5.41, 5.74) is 6.88. The molecule has 0 radical (unpaired) electrons. The van der Waals surface area contributed by atoms with E-state index in [1.165, 1.54) is 30.6 Å². The molecule has 0 saturated heterocycles. The lowest BCUT2D eigenvalue weighted by molar-refractivity contribution is 0.444. The maximum atomic E-state index is 5.67. The molecule has 0 unspecified atom stereocenters. The summed E-state index contributed by atoms with van der Waals surface area (Å²) in [4.78, 5) is 0. The molecule has 0 amide bonds. The zero-order valence-corrected chi connectivity index (χ0v) is 7.31. The first-order valence-electron chi connectivity index (χ1n) is 4.70. The van der Waals surface area contributed by atoms with Crippen LogP contribution in [0.4, 0.5) is 0 Å². The molecular formula is C10H15NO. The molecule has 2 N–H and O–H groups in total. The first-order valence-corrected chi connectivity index (χ1v) is 4.70. The Bertz CT molecular complexity index is 241. The second-order valence-corrected chi connectivity index (χ2v) is 3.41. The molecule has 2 nitrogen and oxygen atoms in total. The quantitative estimate of drug-likeness (QED) is 0.723. The van der Waals surface area contributed by atoms with Crippen molar-refractivity contribution in [3.8, 4) is 0 Å². The van der Waals surface area contributed by atoms with E-state index in [0.717, 1.165) is 18.6 Å². The Morgan fingerprint density at radius 1 is 1.33 bits per heavy atom. The van der Waals surface area contributed by atoms with Gasteiger partial charge in [-0.3, -0.25) is 0 Å². The van der Waals surface area contributed by atoms with Crippen molar-refractivity contribution in [2.75, 3.05) is 6.54 Å². The van der Waals surface area contributed by atoms with Gasteiger partial charge in [0.2, 0.25) is 0 Å². The molecule has 0 atom stereocenters. The van der Waals surface area contributed by atoms with Gasteiger partial charge in [0.25, 0.3) is 0 Å². The average molecular weight is 165 g/mol. The van der Waals surface area contributed by atoms with Gasteiger partial charge in [0.15, 0.2) is 0 Å². The van der Waals surface area contributed by atoms with Crippen molar-refractivity contribution >= 4 is 0 Å². The summed E-state index contributed by atoms with van der Waals surface area (Å²) in [5, 5.41) is 0. The maximum Gasteiger partial charge on any atom is 0.107 e. The molecule has 1 aromatic rings. The van der Waals surface area contributed by atoms with Gasteiger partial charge >= 0.3 is 0 Å². The predicted molar refractivity (Wildman–Crippen MR) is 48.1 cm³/mol. The summed E-state index contributed by atoms with van der Waals surface area (Å²) in [6, 6.07) is 2.18. The van der Waals surface area contributed by atoms with Gasteiger partial charge < -0.3 is 10.2 Å². The lowest BCUT2D eigenvalue weighted by Gasteiger charge is -2.07. The maximum absolute atomic E-state index is 5.67. The molecule has 12 heavy (non-hydrogen) atoms.